The number of hydrogen-bond acceptors (Lipinski definition) is 5. The van der Waals surface area contributed by atoms with Crippen molar-refractivity contribution in [1.29, 1.82) is 0 Å². The molecule has 0 aliphatic rings. The van der Waals surface area contributed by atoms with Gasteiger partial charge in [0.15, 0.2) is 0 Å². The summed E-state index contributed by atoms with van der Waals surface area (Å²) in [5.74, 6) is -1.76. The van der Waals surface area contributed by atoms with Crippen LogP contribution in [0.1, 0.15) is 26.4 Å². The molecular formula is C11H15N3O4. The lowest BCUT2D eigenvalue weighted by Crippen LogP contribution is -2.31. The largest absolute Gasteiger partial charge is 0.478 e. The number of carboxylic acids is 1. The highest BCUT2D eigenvalue weighted by atomic mass is 16.5. The van der Waals surface area contributed by atoms with E-state index in [-0.39, 0.29) is 31.0 Å². The van der Waals surface area contributed by atoms with Gasteiger partial charge in [0.2, 0.25) is 0 Å². The molecule has 7 nitrogen and oxygen atoms in total. The molecule has 0 fully saturated rings. The lowest BCUT2D eigenvalue weighted by Gasteiger charge is -2.07. The monoisotopic (exact) mass is 253 g/mol. The zero-order valence-corrected chi connectivity index (χ0v) is 9.97. The van der Waals surface area contributed by atoms with Crippen molar-refractivity contribution in [3.05, 3.63) is 29.1 Å². The van der Waals surface area contributed by atoms with Crippen molar-refractivity contribution >= 4 is 11.9 Å². The van der Waals surface area contributed by atoms with Crippen molar-refractivity contribution in [2.24, 2.45) is 5.73 Å². The molecule has 1 amide bonds. The molecule has 0 atom stereocenters. The predicted molar refractivity (Wildman–Crippen MR) is 63.3 cm³/mol. The molecule has 0 bridgehead atoms. The summed E-state index contributed by atoms with van der Waals surface area (Å²) in [5.41, 5.74) is 5.55. The zero-order chi connectivity index (χ0) is 13.5. The van der Waals surface area contributed by atoms with Crippen molar-refractivity contribution in [1.82, 2.24) is 10.3 Å². The third-order valence-electron chi connectivity index (χ3n) is 2.13. The van der Waals surface area contributed by atoms with Crippen LogP contribution in [-0.4, -0.2) is 42.2 Å². The van der Waals surface area contributed by atoms with Crippen LogP contribution in [0.5, 0.6) is 0 Å². The molecule has 0 saturated heterocycles. The van der Waals surface area contributed by atoms with Gasteiger partial charge in [0, 0.05) is 26.4 Å². The highest BCUT2D eigenvalue weighted by molar-refractivity contribution is 6.03. The summed E-state index contributed by atoms with van der Waals surface area (Å²) in [6, 6.07) is 1.37. The number of nitrogens with one attached hydrogen (secondary N) is 1. The second-order valence-corrected chi connectivity index (χ2v) is 3.52. The third kappa shape index (κ3) is 3.51. The lowest BCUT2D eigenvalue weighted by atomic mass is 10.1. The maximum Gasteiger partial charge on any atom is 0.338 e. The van der Waals surface area contributed by atoms with E-state index in [1.165, 1.54) is 19.4 Å². The molecule has 18 heavy (non-hydrogen) atoms. The summed E-state index contributed by atoms with van der Waals surface area (Å²) in [7, 11) is 1.49. The molecule has 98 valence electrons. The van der Waals surface area contributed by atoms with Crippen LogP contribution >= 0.6 is 0 Å². The fraction of sp³-hybridized carbons (Fsp3) is 0.364. The number of methoxy groups -OCH3 is 1. The summed E-state index contributed by atoms with van der Waals surface area (Å²) in [4.78, 5) is 26.6. The molecule has 0 spiro atoms. The van der Waals surface area contributed by atoms with E-state index < -0.39 is 11.9 Å². The van der Waals surface area contributed by atoms with Crippen LogP contribution in [0.15, 0.2) is 12.3 Å². The number of carbonyl (C=O) groups excluding carboxylic acids is 1. The van der Waals surface area contributed by atoms with E-state index in [1.807, 2.05) is 0 Å². The maximum absolute atomic E-state index is 11.7. The first-order chi connectivity index (χ1) is 8.60. The second-order valence-electron chi connectivity index (χ2n) is 3.52. The van der Waals surface area contributed by atoms with Gasteiger partial charge in [-0.1, -0.05) is 0 Å². The van der Waals surface area contributed by atoms with Gasteiger partial charge in [0.05, 0.1) is 12.2 Å². The number of pyridine rings is 1. The van der Waals surface area contributed by atoms with E-state index in [0.717, 1.165) is 0 Å². The average Bonchev–Trinajstić information content (AvgIpc) is 2.36. The number of carbonyl (C=O) groups is 2. The number of carboxylic acid groups (broad SMARTS) is 1. The number of aromatic carboxylic acids is 1. The smallest absolute Gasteiger partial charge is 0.338 e. The molecule has 0 unspecified atom stereocenters. The van der Waals surface area contributed by atoms with Crippen LogP contribution in [-0.2, 0) is 11.3 Å². The van der Waals surface area contributed by atoms with Crippen LogP contribution in [0.2, 0.25) is 0 Å². The molecule has 1 aromatic heterocycles. The van der Waals surface area contributed by atoms with Gasteiger partial charge in [-0.2, -0.15) is 0 Å². The number of ether oxygens (including phenoxy) is 1. The fourth-order valence-electron chi connectivity index (χ4n) is 1.37. The van der Waals surface area contributed by atoms with Crippen molar-refractivity contribution in [3.63, 3.8) is 0 Å². The molecular weight excluding hydrogens is 238 g/mol. The quantitative estimate of drug-likeness (QED) is 0.636. The Labute approximate surface area is 104 Å². The number of aromatic nitrogens is 1. The number of hydrogen-bond donors (Lipinski definition) is 3. The van der Waals surface area contributed by atoms with Crippen molar-refractivity contribution in [2.75, 3.05) is 20.2 Å². The second kappa shape index (κ2) is 6.67. The third-order valence-corrected chi connectivity index (χ3v) is 2.13. The van der Waals surface area contributed by atoms with E-state index >= 15 is 0 Å². The summed E-state index contributed by atoms with van der Waals surface area (Å²) >= 11 is 0. The van der Waals surface area contributed by atoms with E-state index in [2.05, 4.69) is 10.3 Å². The van der Waals surface area contributed by atoms with E-state index in [1.54, 1.807) is 0 Å². The molecule has 7 heteroatoms. The lowest BCUT2D eigenvalue weighted by molar-refractivity contribution is 0.0689. The number of rotatable bonds is 6. The van der Waals surface area contributed by atoms with Gasteiger partial charge >= 0.3 is 5.97 Å². The Morgan fingerprint density at radius 1 is 1.56 bits per heavy atom. The molecule has 0 aliphatic heterocycles. The average molecular weight is 253 g/mol. The van der Waals surface area contributed by atoms with Crippen LogP contribution < -0.4 is 11.1 Å². The van der Waals surface area contributed by atoms with Crippen LogP contribution in [0.25, 0.3) is 0 Å². The van der Waals surface area contributed by atoms with Gasteiger partial charge in [-0.15, -0.1) is 0 Å². The standard InChI is InChI=1S/C11H15N3O4/c1-18-6-7-4-8(11(16)17)9(14-5-7)10(15)13-3-2-12/h4-5H,2-3,6,12H2,1H3,(H,13,15)(H,16,17). The molecule has 4 N–H and O–H groups in total. The first-order valence-corrected chi connectivity index (χ1v) is 5.29. The number of nitrogens with two attached hydrogens (primary N) is 1. The summed E-state index contributed by atoms with van der Waals surface area (Å²) in [5, 5.41) is 11.5. The SMILES string of the molecule is COCc1cnc(C(=O)NCCN)c(C(=O)O)c1. The van der Waals surface area contributed by atoms with E-state index in [4.69, 9.17) is 15.6 Å². The summed E-state index contributed by atoms with van der Waals surface area (Å²) in [6.45, 7) is 0.771. The van der Waals surface area contributed by atoms with Gasteiger partial charge in [0.1, 0.15) is 5.69 Å². The maximum atomic E-state index is 11.7. The molecule has 0 aliphatic carbocycles. The topological polar surface area (TPSA) is 115 Å². The Kier molecular flexibility index (Phi) is 5.22. The Morgan fingerprint density at radius 3 is 2.83 bits per heavy atom. The van der Waals surface area contributed by atoms with Crippen molar-refractivity contribution in [2.45, 2.75) is 6.61 Å². The fourth-order valence-corrected chi connectivity index (χ4v) is 1.37. The molecule has 1 aromatic rings. The minimum absolute atomic E-state index is 0.129. The van der Waals surface area contributed by atoms with Crippen LogP contribution in [0.4, 0.5) is 0 Å². The number of amides is 1. The summed E-state index contributed by atoms with van der Waals surface area (Å²) < 4.78 is 4.88. The molecule has 0 aromatic carbocycles. The zero-order valence-electron chi connectivity index (χ0n) is 9.97. The number of nitrogens with zero attached hydrogens (tertiary/aromatic N) is 1. The Morgan fingerprint density at radius 2 is 2.28 bits per heavy atom. The predicted octanol–water partition coefficient (Wildman–Crippen LogP) is -0.385. The first kappa shape index (κ1) is 14.1. The van der Waals surface area contributed by atoms with E-state index in [0.29, 0.717) is 5.56 Å². The van der Waals surface area contributed by atoms with Gasteiger partial charge < -0.3 is 20.9 Å². The minimum Gasteiger partial charge on any atom is -0.478 e. The van der Waals surface area contributed by atoms with Gasteiger partial charge in [0.25, 0.3) is 5.91 Å². The molecule has 0 radical (unpaired) electrons. The van der Waals surface area contributed by atoms with Gasteiger partial charge in [-0.3, -0.25) is 4.79 Å². The normalized spacial score (nSPS) is 10.1. The van der Waals surface area contributed by atoms with E-state index in [9.17, 15) is 9.59 Å². The molecule has 1 rings (SSSR count). The van der Waals surface area contributed by atoms with Crippen molar-refractivity contribution in [3.8, 4) is 0 Å². The van der Waals surface area contributed by atoms with Gasteiger partial charge in [-0.05, 0) is 11.6 Å². The highest BCUT2D eigenvalue weighted by Gasteiger charge is 2.18. The van der Waals surface area contributed by atoms with Gasteiger partial charge in [-0.25, -0.2) is 9.78 Å². The summed E-state index contributed by atoms with van der Waals surface area (Å²) in [6.07, 6.45) is 1.41. The molecule has 1 heterocycles. The van der Waals surface area contributed by atoms with Crippen LogP contribution in [0, 0.1) is 0 Å². The van der Waals surface area contributed by atoms with Crippen molar-refractivity contribution < 1.29 is 19.4 Å². The Bertz CT molecular complexity index is 448. The molecule has 0 saturated carbocycles. The Hall–Kier alpha value is -1.99. The van der Waals surface area contributed by atoms with Crippen LogP contribution in [0.3, 0.4) is 0 Å². The highest BCUT2D eigenvalue weighted by Crippen LogP contribution is 2.10. The minimum atomic E-state index is -1.21. The Balaban J connectivity index is 3.03. The first-order valence-electron chi connectivity index (χ1n) is 5.29.